The van der Waals surface area contributed by atoms with Crippen molar-refractivity contribution in [3.05, 3.63) is 52.6 Å². The second-order valence-electron chi connectivity index (χ2n) is 4.23. The third-order valence-corrected chi connectivity index (χ3v) is 3.01. The van der Waals surface area contributed by atoms with Crippen LogP contribution in [0.1, 0.15) is 17.3 Å². The van der Waals surface area contributed by atoms with Gasteiger partial charge in [-0.05, 0) is 31.2 Å². The summed E-state index contributed by atoms with van der Waals surface area (Å²) in [5.41, 5.74) is 6.67. The molecule has 0 aliphatic heterocycles. The maximum absolute atomic E-state index is 13.7. The molecular weight excluding hydrogens is 286 g/mol. The Morgan fingerprint density at radius 1 is 1.25 bits per heavy atom. The van der Waals surface area contributed by atoms with Crippen molar-refractivity contribution >= 4 is 34.4 Å². The summed E-state index contributed by atoms with van der Waals surface area (Å²) in [7, 11) is 0. The fraction of sp³-hybridized carbons (Fsp3) is 0.0714. The number of hydrogen-bond donors (Lipinski definition) is 2. The lowest BCUT2D eigenvalue weighted by atomic mass is 10.1. The quantitative estimate of drug-likeness (QED) is 0.661. The largest absolute Gasteiger partial charge is 0.398 e. The van der Waals surface area contributed by atoms with E-state index in [9.17, 15) is 13.6 Å². The van der Waals surface area contributed by atoms with Crippen LogP contribution in [0.4, 0.5) is 25.8 Å². The number of halogens is 3. The molecule has 0 atom stereocenters. The molecule has 6 heteroatoms. The first kappa shape index (κ1) is 14.3. The molecule has 2 aromatic carbocycles. The average molecular weight is 297 g/mol. The van der Waals surface area contributed by atoms with Gasteiger partial charge in [-0.3, -0.25) is 4.79 Å². The van der Waals surface area contributed by atoms with E-state index >= 15 is 0 Å². The highest BCUT2D eigenvalue weighted by Crippen LogP contribution is 2.30. The molecule has 0 aliphatic rings. The molecule has 2 aromatic rings. The van der Waals surface area contributed by atoms with E-state index in [0.717, 1.165) is 12.1 Å². The molecule has 0 radical (unpaired) electrons. The first-order chi connectivity index (χ1) is 9.38. The third kappa shape index (κ3) is 2.88. The second-order valence-corrected chi connectivity index (χ2v) is 4.63. The summed E-state index contributed by atoms with van der Waals surface area (Å²) in [6, 6.07) is 6.29. The summed E-state index contributed by atoms with van der Waals surface area (Å²) in [6.07, 6.45) is 0. The maximum Gasteiger partial charge on any atom is 0.161 e. The minimum atomic E-state index is -0.823. The van der Waals surface area contributed by atoms with Gasteiger partial charge in [-0.15, -0.1) is 0 Å². The molecular formula is C14H11ClF2N2O. The summed E-state index contributed by atoms with van der Waals surface area (Å²) in [5, 5.41) is 2.62. The second kappa shape index (κ2) is 5.46. The number of ketones is 1. The standard InChI is InChI=1S/C14H11ClF2N2O/c1-7(20)10-6-9(2-3-13(10)18)19-14-11(15)4-8(16)5-12(14)17/h2-6,19H,18H2,1H3. The molecule has 0 bridgehead atoms. The Morgan fingerprint density at radius 2 is 1.95 bits per heavy atom. The fourth-order valence-corrected chi connectivity index (χ4v) is 1.99. The zero-order valence-electron chi connectivity index (χ0n) is 10.5. The lowest BCUT2D eigenvalue weighted by Gasteiger charge is -2.11. The van der Waals surface area contributed by atoms with Crippen molar-refractivity contribution in [3.8, 4) is 0 Å². The SMILES string of the molecule is CC(=O)c1cc(Nc2c(F)cc(F)cc2Cl)ccc1N. The van der Waals surface area contributed by atoms with Gasteiger partial charge in [0.05, 0.1) is 10.7 Å². The number of nitrogens with one attached hydrogen (secondary N) is 1. The van der Waals surface area contributed by atoms with Crippen molar-refractivity contribution < 1.29 is 13.6 Å². The fourth-order valence-electron chi connectivity index (χ4n) is 1.74. The van der Waals surface area contributed by atoms with Crippen LogP contribution in [-0.4, -0.2) is 5.78 Å². The molecule has 3 nitrogen and oxygen atoms in total. The summed E-state index contributed by atoms with van der Waals surface area (Å²) < 4.78 is 26.6. The van der Waals surface area contributed by atoms with Crippen LogP contribution >= 0.6 is 11.6 Å². The van der Waals surface area contributed by atoms with Crippen molar-refractivity contribution in [2.45, 2.75) is 6.92 Å². The van der Waals surface area contributed by atoms with Gasteiger partial charge >= 0.3 is 0 Å². The van der Waals surface area contributed by atoms with E-state index in [2.05, 4.69) is 5.32 Å². The van der Waals surface area contributed by atoms with Crippen LogP contribution in [0.25, 0.3) is 0 Å². The Labute approximate surface area is 119 Å². The van der Waals surface area contributed by atoms with Gasteiger partial charge < -0.3 is 11.1 Å². The van der Waals surface area contributed by atoms with Crippen LogP contribution in [0.5, 0.6) is 0 Å². The first-order valence-corrected chi connectivity index (χ1v) is 6.08. The summed E-state index contributed by atoms with van der Waals surface area (Å²) >= 11 is 5.78. The molecule has 0 heterocycles. The van der Waals surface area contributed by atoms with E-state index in [4.69, 9.17) is 17.3 Å². The number of carbonyl (C=O) groups is 1. The number of carbonyl (C=O) groups excluding carboxylic acids is 1. The van der Waals surface area contributed by atoms with Gasteiger partial charge in [0.1, 0.15) is 5.82 Å². The number of nitrogen functional groups attached to an aromatic ring is 1. The molecule has 0 saturated heterocycles. The summed E-state index contributed by atoms with van der Waals surface area (Å²) in [5.74, 6) is -1.80. The monoisotopic (exact) mass is 296 g/mol. The zero-order valence-corrected chi connectivity index (χ0v) is 11.3. The van der Waals surface area contributed by atoms with Crippen LogP contribution in [-0.2, 0) is 0 Å². The molecule has 104 valence electrons. The van der Waals surface area contributed by atoms with E-state index in [1.165, 1.54) is 19.1 Å². The van der Waals surface area contributed by atoms with Crippen molar-refractivity contribution in [2.75, 3.05) is 11.1 Å². The molecule has 20 heavy (non-hydrogen) atoms. The number of Topliss-reactive ketones (excluding diaryl/α,β-unsaturated/α-hetero) is 1. The Balaban J connectivity index is 2.41. The average Bonchev–Trinajstić information content (AvgIpc) is 2.35. The van der Waals surface area contributed by atoms with E-state index in [1.807, 2.05) is 0 Å². The van der Waals surface area contributed by atoms with Gasteiger partial charge in [0.25, 0.3) is 0 Å². The Morgan fingerprint density at radius 3 is 2.55 bits per heavy atom. The molecule has 0 saturated carbocycles. The number of benzene rings is 2. The third-order valence-electron chi connectivity index (χ3n) is 2.71. The van der Waals surface area contributed by atoms with Gasteiger partial charge in [-0.2, -0.15) is 0 Å². The number of nitrogens with two attached hydrogens (primary N) is 1. The highest BCUT2D eigenvalue weighted by Gasteiger charge is 2.12. The normalized spacial score (nSPS) is 10.4. The Hall–Kier alpha value is -2.14. The van der Waals surface area contributed by atoms with Gasteiger partial charge in [0.2, 0.25) is 0 Å². The first-order valence-electron chi connectivity index (χ1n) is 5.70. The number of rotatable bonds is 3. The van der Waals surface area contributed by atoms with Crippen molar-refractivity contribution in [1.29, 1.82) is 0 Å². The van der Waals surface area contributed by atoms with Crippen molar-refractivity contribution in [2.24, 2.45) is 0 Å². The van der Waals surface area contributed by atoms with Gasteiger partial charge in [0.15, 0.2) is 11.6 Å². The smallest absolute Gasteiger partial charge is 0.161 e. The lowest BCUT2D eigenvalue weighted by molar-refractivity contribution is 0.101. The summed E-state index contributed by atoms with van der Waals surface area (Å²) in [6.45, 7) is 1.38. The molecule has 3 N–H and O–H groups in total. The number of hydrogen-bond acceptors (Lipinski definition) is 3. The molecule has 0 unspecified atom stereocenters. The van der Waals surface area contributed by atoms with Gasteiger partial charge in [-0.25, -0.2) is 8.78 Å². The Kier molecular flexibility index (Phi) is 3.90. The Bertz CT molecular complexity index is 666. The van der Waals surface area contributed by atoms with Crippen LogP contribution in [0, 0.1) is 11.6 Å². The number of anilines is 3. The molecule has 0 fully saturated rings. The molecule has 0 spiro atoms. The predicted octanol–water partition coefficient (Wildman–Crippen LogP) is 4.15. The molecule has 0 amide bonds. The van der Waals surface area contributed by atoms with Crippen LogP contribution in [0.15, 0.2) is 30.3 Å². The van der Waals surface area contributed by atoms with E-state index in [1.54, 1.807) is 6.07 Å². The minimum Gasteiger partial charge on any atom is -0.398 e. The molecule has 0 aromatic heterocycles. The minimum absolute atomic E-state index is 0.0626. The highest BCUT2D eigenvalue weighted by molar-refractivity contribution is 6.33. The van der Waals surface area contributed by atoms with Crippen LogP contribution in [0.2, 0.25) is 5.02 Å². The molecule has 2 rings (SSSR count). The van der Waals surface area contributed by atoms with E-state index < -0.39 is 11.6 Å². The van der Waals surface area contributed by atoms with Gasteiger partial charge in [0, 0.05) is 23.0 Å². The molecule has 0 aliphatic carbocycles. The van der Waals surface area contributed by atoms with Crippen molar-refractivity contribution in [1.82, 2.24) is 0 Å². The van der Waals surface area contributed by atoms with Crippen LogP contribution < -0.4 is 11.1 Å². The topological polar surface area (TPSA) is 55.1 Å². The lowest BCUT2D eigenvalue weighted by Crippen LogP contribution is -2.02. The van der Waals surface area contributed by atoms with Crippen molar-refractivity contribution in [3.63, 3.8) is 0 Å². The van der Waals surface area contributed by atoms with Gasteiger partial charge in [-0.1, -0.05) is 11.6 Å². The van der Waals surface area contributed by atoms with E-state index in [0.29, 0.717) is 16.9 Å². The van der Waals surface area contributed by atoms with Crippen LogP contribution in [0.3, 0.4) is 0 Å². The zero-order chi connectivity index (χ0) is 14.9. The predicted molar refractivity (Wildman–Crippen MR) is 75.5 cm³/mol. The maximum atomic E-state index is 13.7. The van der Waals surface area contributed by atoms with E-state index in [-0.39, 0.29) is 16.5 Å². The highest BCUT2D eigenvalue weighted by atomic mass is 35.5. The summed E-state index contributed by atoms with van der Waals surface area (Å²) in [4.78, 5) is 11.4.